The lowest BCUT2D eigenvalue weighted by atomic mass is 10.3. The third-order valence-corrected chi connectivity index (χ3v) is 2.87. The first-order valence-corrected chi connectivity index (χ1v) is 6.22. The molecule has 0 saturated carbocycles. The molecule has 0 aliphatic carbocycles. The number of hydrogen-bond acceptors (Lipinski definition) is 3. The number of aromatic nitrogens is 4. The minimum atomic E-state index is -4.54. The van der Waals surface area contributed by atoms with Gasteiger partial charge in [-0.1, -0.05) is 0 Å². The molecule has 0 aliphatic rings. The predicted molar refractivity (Wildman–Crippen MR) is 67.3 cm³/mol. The summed E-state index contributed by atoms with van der Waals surface area (Å²) in [6, 6.07) is 0.727. The van der Waals surface area contributed by atoms with Gasteiger partial charge in [-0.2, -0.15) is 23.4 Å². The number of halogens is 3. The molecule has 6 nitrogen and oxygen atoms in total. The Balaban J connectivity index is 2.04. The standard InChI is InChI=1S/C12H14F3N5O/c1-3-20-7-8(6-17-20)5-16-11(21)9-4-10(12(13,14)15)19(2)18-9/h4,6-7H,3,5H2,1-2H3,(H,16,21). The molecule has 0 aliphatic heterocycles. The molecular formula is C12H14F3N5O. The highest BCUT2D eigenvalue weighted by Crippen LogP contribution is 2.29. The molecule has 0 fully saturated rings. The van der Waals surface area contributed by atoms with Gasteiger partial charge in [0.15, 0.2) is 5.69 Å². The average Bonchev–Trinajstić information content (AvgIpc) is 3.01. The third kappa shape index (κ3) is 3.41. The van der Waals surface area contributed by atoms with Crippen LogP contribution in [0.2, 0.25) is 0 Å². The average molecular weight is 301 g/mol. The Bertz CT molecular complexity index is 644. The highest BCUT2D eigenvalue weighted by molar-refractivity contribution is 5.92. The first-order valence-electron chi connectivity index (χ1n) is 6.22. The molecule has 2 rings (SSSR count). The predicted octanol–water partition coefficient (Wildman–Crippen LogP) is 1.59. The van der Waals surface area contributed by atoms with E-state index in [0.717, 1.165) is 18.7 Å². The van der Waals surface area contributed by atoms with Crippen molar-refractivity contribution in [3.8, 4) is 0 Å². The van der Waals surface area contributed by atoms with E-state index in [2.05, 4.69) is 15.5 Å². The molecular weight excluding hydrogens is 287 g/mol. The molecule has 9 heteroatoms. The Morgan fingerprint density at radius 2 is 2.14 bits per heavy atom. The zero-order valence-electron chi connectivity index (χ0n) is 11.5. The quantitative estimate of drug-likeness (QED) is 0.932. The van der Waals surface area contributed by atoms with Gasteiger partial charge < -0.3 is 5.32 Å². The third-order valence-electron chi connectivity index (χ3n) is 2.87. The Morgan fingerprint density at radius 3 is 2.67 bits per heavy atom. The molecule has 0 unspecified atom stereocenters. The normalized spacial score (nSPS) is 11.7. The van der Waals surface area contributed by atoms with E-state index in [1.165, 1.54) is 0 Å². The van der Waals surface area contributed by atoms with E-state index < -0.39 is 17.8 Å². The monoisotopic (exact) mass is 301 g/mol. The van der Waals surface area contributed by atoms with Crippen molar-refractivity contribution in [2.75, 3.05) is 0 Å². The zero-order valence-corrected chi connectivity index (χ0v) is 11.5. The lowest BCUT2D eigenvalue weighted by Crippen LogP contribution is -2.23. The van der Waals surface area contributed by atoms with Crippen molar-refractivity contribution in [1.82, 2.24) is 24.9 Å². The summed E-state index contributed by atoms with van der Waals surface area (Å²) in [5.74, 6) is -0.662. The summed E-state index contributed by atoms with van der Waals surface area (Å²) < 4.78 is 40.2. The zero-order chi connectivity index (χ0) is 15.6. The van der Waals surface area contributed by atoms with Gasteiger partial charge in [0, 0.05) is 38.0 Å². The van der Waals surface area contributed by atoms with Crippen molar-refractivity contribution in [3.63, 3.8) is 0 Å². The van der Waals surface area contributed by atoms with Crippen LogP contribution in [0.1, 0.15) is 28.7 Å². The van der Waals surface area contributed by atoms with Crippen LogP contribution < -0.4 is 5.32 Å². The van der Waals surface area contributed by atoms with Gasteiger partial charge in [-0.05, 0) is 6.92 Å². The van der Waals surface area contributed by atoms with E-state index in [1.54, 1.807) is 17.1 Å². The number of aryl methyl sites for hydroxylation is 2. The van der Waals surface area contributed by atoms with Crippen LogP contribution in [-0.4, -0.2) is 25.5 Å². The molecule has 0 spiro atoms. The first-order chi connectivity index (χ1) is 9.81. The van der Waals surface area contributed by atoms with Gasteiger partial charge in [-0.3, -0.25) is 14.2 Å². The van der Waals surface area contributed by atoms with Crippen LogP contribution >= 0.6 is 0 Å². The second-order valence-corrected chi connectivity index (χ2v) is 4.42. The van der Waals surface area contributed by atoms with Crippen molar-refractivity contribution < 1.29 is 18.0 Å². The fourth-order valence-electron chi connectivity index (χ4n) is 1.79. The van der Waals surface area contributed by atoms with Crippen molar-refractivity contribution >= 4 is 5.91 Å². The number of carbonyl (C=O) groups excluding carboxylic acids is 1. The van der Waals surface area contributed by atoms with Crippen LogP contribution in [0.4, 0.5) is 13.2 Å². The number of nitrogens with zero attached hydrogens (tertiary/aromatic N) is 4. The molecule has 0 aromatic carbocycles. The van der Waals surface area contributed by atoms with Crippen molar-refractivity contribution in [3.05, 3.63) is 35.4 Å². The van der Waals surface area contributed by atoms with Crippen LogP contribution in [0.3, 0.4) is 0 Å². The van der Waals surface area contributed by atoms with Gasteiger partial charge in [-0.25, -0.2) is 0 Å². The number of carbonyl (C=O) groups is 1. The topological polar surface area (TPSA) is 64.7 Å². The number of alkyl halides is 3. The Kier molecular flexibility index (Phi) is 4.01. The molecule has 21 heavy (non-hydrogen) atoms. The molecule has 2 heterocycles. The maximum absolute atomic E-state index is 12.6. The lowest BCUT2D eigenvalue weighted by molar-refractivity contribution is -0.143. The second kappa shape index (κ2) is 5.58. The molecule has 2 aromatic heterocycles. The minimum Gasteiger partial charge on any atom is -0.346 e. The number of amides is 1. The maximum Gasteiger partial charge on any atom is 0.433 e. The van der Waals surface area contributed by atoms with Crippen molar-refractivity contribution in [2.24, 2.45) is 7.05 Å². The molecule has 1 amide bonds. The summed E-state index contributed by atoms with van der Waals surface area (Å²) in [6.45, 7) is 2.79. The van der Waals surface area contributed by atoms with Gasteiger partial charge in [-0.15, -0.1) is 0 Å². The molecule has 114 valence electrons. The van der Waals surface area contributed by atoms with Crippen LogP contribution in [0.15, 0.2) is 18.5 Å². The largest absolute Gasteiger partial charge is 0.433 e. The molecule has 2 aromatic rings. The SMILES string of the molecule is CCn1cc(CNC(=O)c2cc(C(F)(F)F)n(C)n2)cn1. The first kappa shape index (κ1) is 15.1. The number of rotatable bonds is 4. The van der Waals surface area contributed by atoms with Crippen molar-refractivity contribution in [2.45, 2.75) is 26.2 Å². The van der Waals surface area contributed by atoms with E-state index in [9.17, 15) is 18.0 Å². The molecule has 0 atom stereocenters. The summed E-state index contributed by atoms with van der Waals surface area (Å²) >= 11 is 0. The number of hydrogen-bond donors (Lipinski definition) is 1. The van der Waals surface area contributed by atoms with Gasteiger partial charge >= 0.3 is 6.18 Å². The Labute approximate surface area is 118 Å². The Hall–Kier alpha value is -2.32. The molecule has 0 saturated heterocycles. The summed E-state index contributed by atoms with van der Waals surface area (Å²) in [5, 5.41) is 10.1. The summed E-state index contributed by atoms with van der Waals surface area (Å²) in [4.78, 5) is 11.8. The fraction of sp³-hybridized carbons (Fsp3) is 0.417. The smallest absolute Gasteiger partial charge is 0.346 e. The van der Waals surface area contributed by atoms with E-state index >= 15 is 0 Å². The Morgan fingerprint density at radius 1 is 1.43 bits per heavy atom. The minimum absolute atomic E-state index is 0.177. The van der Waals surface area contributed by atoms with Crippen LogP contribution in [0.25, 0.3) is 0 Å². The molecule has 1 N–H and O–H groups in total. The van der Waals surface area contributed by atoms with Gasteiger partial charge in [0.2, 0.25) is 0 Å². The van der Waals surface area contributed by atoms with Gasteiger partial charge in [0.05, 0.1) is 6.20 Å². The summed E-state index contributed by atoms with van der Waals surface area (Å²) in [7, 11) is 1.14. The summed E-state index contributed by atoms with van der Waals surface area (Å²) in [5.41, 5.74) is -0.476. The van der Waals surface area contributed by atoms with E-state index in [0.29, 0.717) is 11.2 Å². The highest BCUT2D eigenvalue weighted by Gasteiger charge is 2.35. The summed E-state index contributed by atoms with van der Waals surface area (Å²) in [6.07, 6.45) is -1.20. The highest BCUT2D eigenvalue weighted by atomic mass is 19.4. The second-order valence-electron chi connectivity index (χ2n) is 4.42. The van der Waals surface area contributed by atoms with Gasteiger partial charge in [0.25, 0.3) is 5.91 Å². The lowest BCUT2D eigenvalue weighted by Gasteiger charge is -2.04. The van der Waals surface area contributed by atoms with E-state index in [-0.39, 0.29) is 12.2 Å². The fourth-order valence-corrected chi connectivity index (χ4v) is 1.79. The van der Waals surface area contributed by atoms with Crippen molar-refractivity contribution in [1.29, 1.82) is 0 Å². The maximum atomic E-state index is 12.6. The molecule has 0 bridgehead atoms. The van der Waals surface area contributed by atoms with Gasteiger partial charge in [0.1, 0.15) is 5.69 Å². The number of nitrogens with one attached hydrogen (secondary N) is 1. The van der Waals surface area contributed by atoms with Crippen LogP contribution in [-0.2, 0) is 26.3 Å². The van der Waals surface area contributed by atoms with Crippen LogP contribution in [0.5, 0.6) is 0 Å². The molecule has 0 radical (unpaired) electrons. The van der Waals surface area contributed by atoms with E-state index in [4.69, 9.17) is 0 Å². The van der Waals surface area contributed by atoms with Crippen LogP contribution in [0, 0.1) is 0 Å². The van der Waals surface area contributed by atoms with E-state index in [1.807, 2.05) is 6.92 Å².